The number of nitriles is 1. The van der Waals surface area contributed by atoms with Gasteiger partial charge in [-0.2, -0.15) is 0 Å². The molecule has 0 aliphatic carbocycles. The predicted octanol–water partition coefficient (Wildman–Crippen LogP) is 6.68. The second-order valence-corrected chi connectivity index (χ2v) is 5.96. The fourth-order valence-corrected chi connectivity index (χ4v) is 2.35. The van der Waals surface area contributed by atoms with Crippen LogP contribution in [0.25, 0.3) is 0 Å². The molecule has 3 nitrogen and oxygen atoms in total. The number of unbranched alkanes of at least 4 members (excludes halogenated alkanes) is 13. The molecular weight excluding hydrogens is 286 g/mol. The highest BCUT2D eigenvalue weighted by molar-refractivity contribution is 5.81. The van der Waals surface area contributed by atoms with Crippen molar-refractivity contribution >= 4 is 5.97 Å². The normalized spacial score (nSPS) is 9.43. The van der Waals surface area contributed by atoms with Crippen LogP contribution in [-0.4, -0.2) is 5.97 Å². The van der Waals surface area contributed by atoms with Crippen LogP contribution < -0.4 is 0 Å². The SMILES string of the molecule is C=CC(=O)OC#N.CCCCCCCCCCCCCCCC. The maximum atomic E-state index is 9.85. The summed E-state index contributed by atoms with van der Waals surface area (Å²) in [5, 5.41) is 7.63. The molecule has 0 spiro atoms. The number of carbonyl (C=O) groups excluding carboxylic acids is 1. The van der Waals surface area contributed by atoms with Crippen molar-refractivity contribution in [2.24, 2.45) is 0 Å². The fourth-order valence-electron chi connectivity index (χ4n) is 2.35. The standard InChI is InChI=1S/C16H34.C4H3NO2/c1-3-5-7-9-11-13-15-16-14-12-10-8-6-4-2;1-2-4(6)7-3-5/h3-16H2,1-2H3;2H,1H2. The van der Waals surface area contributed by atoms with Crippen LogP contribution in [-0.2, 0) is 9.53 Å². The summed E-state index contributed by atoms with van der Waals surface area (Å²) in [6.07, 6.45) is 22.5. The summed E-state index contributed by atoms with van der Waals surface area (Å²) >= 11 is 0. The number of carbonyl (C=O) groups is 1. The molecule has 0 atom stereocenters. The average Bonchev–Trinajstić information content (AvgIpc) is 2.56. The van der Waals surface area contributed by atoms with Gasteiger partial charge in [-0.15, -0.1) is 5.26 Å². The van der Waals surface area contributed by atoms with E-state index >= 15 is 0 Å². The van der Waals surface area contributed by atoms with E-state index in [1.807, 2.05) is 0 Å². The van der Waals surface area contributed by atoms with Crippen molar-refractivity contribution in [2.45, 2.75) is 104 Å². The third-order valence-electron chi connectivity index (χ3n) is 3.77. The van der Waals surface area contributed by atoms with Crippen molar-refractivity contribution in [3.05, 3.63) is 12.7 Å². The summed E-state index contributed by atoms with van der Waals surface area (Å²) in [4.78, 5) is 9.85. The van der Waals surface area contributed by atoms with Crippen LogP contribution in [0.5, 0.6) is 0 Å². The Bertz CT molecular complexity index is 281. The van der Waals surface area contributed by atoms with E-state index in [1.165, 1.54) is 96.1 Å². The number of rotatable bonds is 14. The minimum absolute atomic E-state index is 0.720. The molecule has 0 unspecified atom stereocenters. The molecule has 134 valence electrons. The van der Waals surface area contributed by atoms with Crippen molar-refractivity contribution < 1.29 is 9.53 Å². The van der Waals surface area contributed by atoms with Crippen molar-refractivity contribution in [3.63, 3.8) is 0 Å². The van der Waals surface area contributed by atoms with Gasteiger partial charge in [-0.3, -0.25) is 0 Å². The van der Waals surface area contributed by atoms with Gasteiger partial charge in [0.15, 0.2) is 0 Å². The van der Waals surface area contributed by atoms with Gasteiger partial charge < -0.3 is 4.74 Å². The quantitative estimate of drug-likeness (QED) is 0.155. The Morgan fingerprint density at radius 1 is 0.826 bits per heavy atom. The molecule has 0 aromatic heterocycles. The van der Waals surface area contributed by atoms with Crippen molar-refractivity contribution in [3.8, 4) is 6.26 Å². The first-order valence-corrected chi connectivity index (χ1v) is 9.45. The van der Waals surface area contributed by atoms with Crippen LogP contribution in [0.2, 0.25) is 0 Å². The molecule has 0 radical (unpaired) electrons. The molecule has 23 heavy (non-hydrogen) atoms. The molecule has 0 rings (SSSR count). The first-order chi connectivity index (χ1) is 11.2. The van der Waals surface area contributed by atoms with E-state index in [2.05, 4.69) is 25.2 Å². The topological polar surface area (TPSA) is 50.1 Å². The molecule has 0 amide bonds. The Labute approximate surface area is 144 Å². The average molecular weight is 324 g/mol. The Morgan fingerprint density at radius 2 is 1.13 bits per heavy atom. The second kappa shape index (κ2) is 23.0. The van der Waals surface area contributed by atoms with E-state index in [1.54, 1.807) is 0 Å². The number of ether oxygens (including phenoxy) is 1. The summed E-state index contributed by atoms with van der Waals surface area (Å²) in [5.74, 6) is -0.720. The predicted molar refractivity (Wildman–Crippen MR) is 97.9 cm³/mol. The highest BCUT2D eigenvalue weighted by atomic mass is 16.5. The molecule has 0 aromatic carbocycles. The summed E-state index contributed by atoms with van der Waals surface area (Å²) < 4.78 is 3.74. The number of esters is 1. The first-order valence-electron chi connectivity index (χ1n) is 9.45. The Kier molecular flexibility index (Phi) is 23.9. The van der Waals surface area contributed by atoms with Crippen LogP contribution in [0.3, 0.4) is 0 Å². The van der Waals surface area contributed by atoms with Gasteiger partial charge in [-0.1, -0.05) is 110 Å². The molecule has 3 heteroatoms. The van der Waals surface area contributed by atoms with Crippen molar-refractivity contribution in [1.29, 1.82) is 5.26 Å². The highest BCUT2D eigenvalue weighted by Crippen LogP contribution is 2.12. The zero-order chi connectivity index (χ0) is 17.6. The van der Waals surface area contributed by atoms with Gasteiger partial charge in [0.05, 0.1) is 0 Å². The van der Waals surface area contributed by atoms with Crippen LogP contribution in [0.15, 0.2) is 12.7 Å². The molecule has 0 saturated carbocycles. The van der Waals surface area contributed by atoms with Crippen LogP contribution >= 0.6 is 0 Å². The lowest BCUT2D eigenvalue weighted by atomic mass is 10.0. The largest absolute Gasteiger partial charge is 0.347 e. The highest BCUT2D eigenvalue weighted by Gasteiger charge is 1.92. The zero-order valence-electron chi connectivity index (χ0n) is 15.4. The number of hydrogen-bond donors (Lipinski definition) is 0. The molecular formula is C20H37NO2. The van der Waals surface area contributed by atoms with Gasteiger partial charge in [-0.05, 0) is 0 Å². The second-order valence-electron chi connectivity index (χ2n) is 5.96. The lowest BCUT2D eigenvalue weighted by Gasteiger charge is -2.02. The maximum absolute atomic E-state index is 9.85. The smallest absolute Gasteiger partial charge is 0.345 e. The summed E-state index contributed by atoms with van der Waals surface area (Å²) in [6.45, 7) is 7.63. The van der Waals surface area contributed by atoms with Crippen LogP contribution in [0.4, 0.5) is 0 Å². The summed E-state index contributed by atoms with van der Waals surface area (Å²) in [7, 11) is 0. The summed E-state index contributed by atoms with van der Waals surface area (Å²) in [5.41, 5.74) is 0. The van der Waals surface area contributed by atoms with E-state index in [9.17, 15) is 4.79 Å². The van der Waals surface area contributed by atoms with Crippen LogP contribution in [0.1, 0.15) is 104 Å². The Balaban J connectivity index is 0. The molecule has 0 aromatic rings. The van der Waals surface area contributed by atoms with Gasteiger partial charge in [0.2, 0.25) is 0 Å². The molecule has 0 fully saturated rings. The van der Waals surface area contributed by atoms with E-state index in [4.69, 9.17) is 5.26 Å². The Morgan fingerprint density at radius 3 is 1.30 bits per heavy atom. The lowest BCUT2D eigenvalue weighted by Crippen LogP contribution is -1.91. The van der Waals surface area contributed by atoms with Gasteiger partial charge >= 0.3 is 5.97 Å². The van der Waals surface area contributed by atoms with Crippen molar-refractivity contribution in [1.82, 2.24) is 0 Å². The number of nitrogens with zero attached hydrogens (tertiary/aromatic N) is 1. The Hall–Kier alpha value is -1.30. The zero-order valence-corrected chi connectivity index (χ0v) is 15.4. The molecule has 0 saturated heterocycles. The summed E-state index contributed by atoms with van der Waals surface area (Å²) in [6, 6.07) is 0. The van der Waals surface area contributed by atoms with Gasteiger partial charge in [0, 0.05) is 6.08 Å². The fraction of sp³-hybridized carbons (Fsp3) is 0.800. The van der Waals surface area contributed by atoms with Gasteiger partial charge in [0.1, 0.15) is 0 Å². The monoisotopic (exact) mass is 323 g/mol. The first kappa shape index (κ1) is 24.0. The van der Waals surface area contributed by atoms with Gasteiger partial charge in [0.25, 0.3) is 6.26 Å². The molecule has 0 aliphatic heterocycles. The molecule has 0 aliphatic rings. The number of hydrogen-bond acceptors (Lipinski definition) is 3. The van der Waals surface area contributed by atoms with Crippen molar-refractivity contribution in [2.75, 3.05) is 0 Å². The minimum atomic E-state index is -0.720. The van der Waals surface area contributed by atoms with E-state index in [-0.39, 0.29) is 0 Å². The molecule has 0 heterocycles. The van der Waals surface area contributed by atoms with Crippen LogP contribution in [0, 0.1) is 11.5 Å². The maximum Gasteiger partial charge on any atom is 0.345 e. The van der Waals surface area contributed by atoms with Gasteiger partial charge in [-0.25, -0.2) is 4.79 Å². The third kappa shape index (κ3) is 26.0. The molecule has 0 N–H and O–H groups in total. The van der Waals surface area contributed by atoms with E-state index < -0.39 is 5.97 Å². The lowest BCUT2D eigenvalue weighted by molar-refractivity contribution is -0.131. The minimum Gasteiger partial charge on any atom is -0.347 e. The molecule has 0 bridgehead atoms. The third-order valence-corrected chi connectivity index (χ3v) is 3.77. The van der Waals surface area contributed by atoms with E-state index in [0.29, 0.717) is 0 Å². The van der Waals surface area contributed by atoms with E-state index in [0.717, 1.165) is 6.08 Å².